The van der Waals surface area contributed by atoms with Crippen LogP contribution in [-0.2, 0) is 4.79 Å². The molecule has 6 rings (SSSR count). The molecule has 5 nitrogen and oxygen atoms in total. The van der Waals surface area contributed by atoms with Gasteiger partial charge in [-0.05, 0) is 65.9 Å². The molecule has 5 aromatic rings. The second kappa shape index (κ2) is 9.47. The second-order valence-electron chi connectivity index (χ2n) is 8.49. The van der Waals surface area contributed by atoms with Gasteiger partial charge in [0.2, 0.25) is 0 Å². The Bertz CT molecular complexity index is 1500. The Balaban J connectivity index is 0.00000124. The molecule has 0 aliphatic carbocycles. The number of nitrogens with zero attached hydrogens (tertiary/aromatic N) is 2. The van der Waals surface area contributed by atoms with E-state index in [0.29, 0.717) is 13.2 Å². The summed E-state index contributed by atoms with van der Waals surface area (Å²) in [6.07, 6.45) is 4.06. The fourth-order valence-electron chi connectivity index (χ4n) is 4.56. The van der Waals surface area contributed by atoms with Crippen molar-refractivity contribution in [2.75, 3.05) is 13.2 Å². The van der Waals surface area contributed by atoms with Crippen molar-refractivity contribution in [1.82, 2.24) is 9.38 Å². The number of aromatic nitrogens is 2. The number of ether oxygens (including phenoxy) is 2. The fourth-order valence-corrected chi connectivity index (χ4v) is 4.56. The molecule has 2 aromatic heterocycles. The molecule has 0 bridgehead atoms. The molecular formula is C30H26N2O3. The highest BCUT2D eigenvalue weighted by molar-refractivity contribution is 5.80. The Hall–Kier alpha value is -4.38. The molecule has 0 unspecified atom stereocenters. The number of fused-ring (bicyclic) bond motifs is 2. The third kappa shape index (κ3) is 4.17. The van der Waals surface area contributed by atoms with Gasteiger partial charge in [0.05, 0.1) is 11.9 Å². The topological polar surface area (TPSA) is 52.8 Å². The summed E-state index contributed by atoms with van der Waals surface area (Å²) in [4.78, 5) is 12.7. The molecule has 5 heteroatoms. The highest BCUT2D eigenvalue weighted by Crippen LogP contribution is 2.38. The summed E-state index contributed by atoms with van der Waals surface area (Å²) >= 11 is 0. The van der Waals surface area contributed by atoms with Gasteiger partial charge < -0.3 is 14.3 Å². The van der Waals surface area contributed by atoms with Crippen LogP contribution in [-0.4, -0.2) is 29.4 Å². The number of carbonyl (C=O) groups excluding carboxylic acids is 1. The minimum absolute atomic E-state index is 0.588. The number of hydrogen-bond donors (Lipinski definition) is 0. The first-order chi connectivity index (χ1) is 17.2. The minimum atomic E-state index is 0.588. The van der Waals surface area contributed by atoms with Gasteiger partial charge in [-0.3, -0.25) is 4.40 Å². The van der Waals surface area contributed by atoms with Gasteiger partial charge in [0.15, 0.2) is 11.5 Å². The number of aryl methyl sites for hydroxylation is 1. The maximum absolute atomic E-state index is 8.00. The van der Waals surface area contributed by atoms with Gasteiger partial charge in [0.1, 0.15) is 25.7 Å². The molecule has 0 saturated carbocycles. The molecule has 0 atom stereocenters. The zero-order valence-corrected chi connectivity index (χ0v) is 19.8. The number of hydrogen-bond acceptors (Lipinski definition) is 4. The van der Waals surface area contributed by atoms with Gasteiger partial charge in [-0.1, -0.05) is 54.1 Å². The molecule has 1 aliphatic rings. The van der Waals surface area contributed by atoms with Gasteiger partial charge in [-0.25, -0.2) is 4.98 Å². The van der Waals surface area contributed by atoms with E-state index in [1.165, 1.54) is 22.3 Å². The van der Waals surface area contributed by atoms with Crippen LogP contribution < -0.4 is 9.47 Å². The smallest absolute Gasteiger partial charge is 0.161 e. The van der Waals surface area contributed by atoms with Crippen molar-refractivity contribution in [3.8, 4) is 45.0 Å². The van der Waals surface area contributed by atoms with E-state index in [-0.39, 0.29) is 0 Å². The zero-order chi connectivity index (χ0) is 24.4. The summed E-state index contributed by atoms with van der Waals surface area (Å²) in [6, 6.07) is 25.5. The maximum atomic E-state index is 8.00. The molecule has 0 radical (unpaired) electrons. The predicted octanol–water partition coefficient (Wildman–Crippen LogP) is 6.54. The van der Waals surface area contributed by atoms with E-state index in [1.807, 2.05) is 19.1 Å². The lowest BCUT2D eigenvalue weighted by atomic mass is 9.93. The number of benzene rings is 3. The molecular weight excluding hydrogens is 436 g/mol. The molecule has 35 heavy (non-hydrogen) atoms. The van der Waals surface area contributed by atoms with Crippen LogP contribution in [0.2, 0.25) is 0 Å². The molecule has 174 valence electrons. The summed E-state index contributed by atoms with van der Waals surface area (Å²) in [5.74, 6) is 1.62. The lowest BCUT2D eigenvalue weighted by Crippen LogP contribution is -2.15. The Morgan fingerprint density at radius 1 is 0.771 bits per heavy atom. The Labute approximate surface area is 204 Å². The van der Waals surface area contributed by atoms with E-state index in [9.17, 15) is 0 Å². The Morgan fingerprint density at radius 3 is 2.17 bits per heavy atom. The number of pyridine rings is 1. The second-order valence-corrected chi connectivity index (χ2v) is 8.49. The van der Waals surface area contributed by atoms with Gasteiger partial charge in [-0.2, -0.15) is 0 Å². The highest BCUT2D eigenvalue weighted by Gasteiger charge is 2.15. The van der Waals surface area contributed by atoms with E-state index in [0.717, 1.165) is 39.5 Å². The predicted molar refractivity (Wildman–Crippen MR) is 139 cm³/mol. The standard InChI is InChI=1S/C29H24N2O2.CH2O/c1-19-6-8-21(9-7-19)26-18-30-29-17-23(12-13-31(26)29)25-5-3-4-24(20(25)2)22-10-11-27-28(16-22)33-15-14-32-27;1-2/h3-13,16-18H,14-15H2,1-2H3;1H2. The molecule has 0 amide bonds. The molecule has 0 spiro atoms. The summed E-state index contributed by atoms with van der Waals surface area (Å²) in [5.41, 5.74) is 10.3. The number of rotatable bonds is 3. The molecule has 1 aliphatic heterocycles. The van der Waals surface area contributed by atoms with Gasteiger partial charge in [-0.15, -0.1) is 0 Å². The third-order valence-electron chi connectivity index (χ3n) is 6.36. The normalized spacial score (nSPS) is 12.2. The maximum Gasteiger partial charge on any atom is 0.161 e. The van der Waals surface area contributed by atoms with Gasteiger partial charge >= 0.3 is 0 Å². The SMILES string of the molecule is C=O.Cc1ccc(-c2cnc3cc(-c4cccc(-c5ccc6c(c5)OCCO6)c4C)ccn23)cc1. The van der Waals surface area contributed by atoms with Crippen LogP contribution in [0.3, 0.4) is 0 Å². The first-order valence-electron chi connectivity index (χ1n) is 11.5. The first kappa shape index (κ1) is 22.4. The summed E-state index contributed by atoms with van der Waals surface area (Å²) < 4.78 is 13.6. The molecule has 3 heterocycles. The van der Waals surface area contributed by atoms with Gasteiger partial charge in [0.25, 0.3) is 0 Å². The lowest BCUT2D eigenvalue weighted by molar-refractivity contribution is -0.0979. The van der Waals surface area contributed by atoms with Crippen molar-refractivity contribution >= 4 is 12.4 Å². The lowest BCUT2D eigenvalue weighted by Gasteiger charge is -2.19. The minimum Gasteiger partial charge on any atom is -0.486 e. The van der Waals surface area contributed by atoms with Crippen molar-refractivity contribution in [1.29, 1.82) is 0 Å². The average molecular weight is 463 g/mol. The molecule has 0 saturated heterocycles. The Morgan fingerprint density at radius 2 is 1.43 bits per heavy atom. The Kier molecular flexibility index (Phi) is 6.06. The van der Waals surface area contributed by atoms with Gasteiger partial charge in [0, 0.05) is 11.8 Å². The van der Waals surface area contributed by atoms with E-state index < -0.39 is 0 Å². The molecule has 3 aromatic carbocycles. The first-order valence-corrected chi connectivity index (χ1v) is 11.5. The van der Waals surface area contributed by atoms with Crippen LogP contribution in [0.25, 0.3) is 39.2 Å². The third-order valence-corrected chi connectivity index (χ3v) is 6.36. The zero-order valence-electron chi connectivity index (χ0n) is 19.8. The number of carbonyl (C=O) groups is 1. The van der Waals surface area contributed by atoms with Crippen molar-refractivity contribution in [2.45, 2.75) is 13.8 Å². The largest absolute Gasteiger partial charge is 0.486 e. The fraction of sp³-hybridized carbons (Fsp3) is 0.133. The van der Waals surface area contributed by atoms with Crippen molar-refractivity contribution in [3.05, 3.63) is 96.3 Å². The van der Waals surface area contributed by atoms with Crippen LogP contribution in [0, 0.1) is 13.8 Å². The molecule has 0 fully saturated rings. The van der Waals surface area contributed by atoms with E-state index in [4.69, 9.17) is 19.3 Å². The van der Waals surface area contributed by atoms with Crippen LogP contribution >= 0.6 is 0 Å². The van der Waals surface area contributed by atoms with Crippen LogP contribution in [0.4, 0.5) is 0 Å². The van der Waals surface area contributed by atoms with Crippen molar-refractivity contribution in [2.24, 2.45) is 0 Å². The quantitative estimate of drug-likeness (QED) is 0.306. The summed E-state index contributed by atoms with van der Waals surface area (Å²) in [6.45, 7) is 7.47. The van der Waals surface area contributed by atoms with E-state index >= 15 is 0 Å². The summed E-state index contributed by atoms with van der Waals surface area (Å²) in [7, 11) is 0. The summed E-state index contributed by atoms with van der Waals surface area (Å²) in [5, 5.41) is 0. The van der Waals surface area contributed by atoms with E-state index in [1.54, 1.807) is 0 Å². The number of imidazole rings is 1. The van der Waals surface area contributed by atoms with Crippen LogP contribution in [0.1, 0.15) is 11.1 Å². The van der Waals surface area contributed by atoms with Crippen molar-refractivity contribution < 1.29 is 14.3 Å². The van der Waals surface area contributed by atoms with E-state index in [2.05, 4.69) is 91.2 Å². The highest BCUT2D eigenvalue weighted by atomic mass is 16.6. The average Bonchev–Trinajstić information content (AvgIpc) is 3.33. The molecule has 0 N–H and O–H groups in total. The van der Waals surface area contributed by atoms with Crippen LogP contribution in [0.5, 0.6) is 11.5 Å². The van der Waals surface area contributed by atoms with Crippen molar-refractivity contribution in [3.63, 3.8) is 0 Å². The monoisotopic (exact) mass is 462 g/mol. The van der Waals surface area contributed by atoms with Crippen LogP contribution in [0.15, 0.2) is 85.2 Å².